The van der Waals surface area contributed by atoms with E-state index in [1.165, 1.54) is 6.07 Å². The summed E-state index contributed by atoms with van der Waals surface area (Å²) >= 11 is 12.7. The van der Waals surface area contributed by atoms with Crippen LogP contribution in [0.3, 0.4) is 0 Å². The van der Waals surface area contributed by atoms with Crippen LogP contribution in [0.15, 0.2) is 39.3 Å². The summed E-state index contributed by atoms with van der Waals surface area (Å²) in [6.07, 6.45) is 0. The summed E-state index contributed by atoms with van der Waals surface area (Å²) < 4.78 is 1.86. The molecule has 0 bridgehead atoms. The van der Waals surface area contributed by atoms with Crippen molar-refractivity contribution in [2.75, 3.05) is 5.32 Å². The molecule has 0 atom stereocenters. The van der Waals surface area contributed by atoms with E-state index in [4.69, 9.17) is 16.9 Å². The molecule has 2 rings (SSSR count). The molecular formula is C12H6Br2ClN3. The van der Waals surface area contributed by atoms with Crippen LogP contribution in [0.4, 0.5) is 11.5 Å². The molecule has 1 aromatic heterocycles. The minimum absolute atomic E-state index is 0.282. The van der Waals surface area contributed by atoms with Crippen LogP contribution < -0.4 is 5.32 Å². The molecule has 90 valence electrons. The van der Waals surface area contributed by atoms with Gasteiger partial charge in [0.05, 0.1) is 17.3 Å². The molecule has 0 aliphatic heterocycles. The molecule has 0 unspecified atom stereocenters. The molecular weight excluding hydrogens is 381 g/mol. The summed E-state index contributed by atoms with van der Waals surface area (Å²) in [5.41, 5.74) is 1.31. The fourth-order valence-corrected chi connectivity index (χ4v) is 2.71. The van der Waals surface area contributed by atoms with E-state index < -0.39 is 0 Å². The zero-order valence-electron chi connectivity index (χ0n) is 8.92. The van der Waals surface area contributed by atoms with Crippen molar-refractivity contribution in [1.82, 2.24) is 4.98 Å². The minimum atomic E-state index is 0.282. The number of aromatic nitrogens is 1. The number of anilines is 2. The van der Waals surface area contributed by atoms with Crippen LogP contribution in [0.2, 0.25) is 5.15 Å². The van der Waals surface area contributed by atoms with Crippen molar-refractivity contribution in [3.05, 3.63) is 50.0 Å². The smallest absolute Gasteiger partial charge is 0.133 e. The first-order chi connectivity index (χ1) is 8.58. The average Bonchev–Trinajstić information content (AvgIpc) is 2.32. The molecule has 1 N–H and O–H groups in total. The SMILES string of the molecule is N#Cc1cc(Cl)nc(Nc2ccc(Br)cc2Br)c1. The van der Waals surface area contributed by atoms with Crippen molar-refractivity contribution in [3.8, 4) is 6.07 Å². The zero-order chi connectivity index (χ0) is 13.1. The van der Waals surface area contributed by atoms with Crippen molar-refractivity contribution in [3.63, 3.8) is 0 Å². The minimum Gasteiger partial charge on any atom is -0.339 e. The maximum Gasteiger partial charge on any atom is 0.133 e. The second kappa shape index (κ2) is 5.70. The summed E-state index contributed by atoms with van der Waals surface area (Å²) in [5, 5.41) is 12.2. The van der Waals surface area contributed by atoms with Crippen LogP contribution in [0, 0.1) is 11.3 Å². The first kappa shape index (κ1) is 13.3. The van der Waals surface area contributed by atoms with Crippen LogP contribution in [0.25, 0.3) is 0 Å². The number of halogens is 3. The Kier molecular flexibility index (Phi) is 4.23. The fraction of sp³-hybridized carbons (Fsp3) is 0. The summed E-state index contributed by atoms with van der Waals surface area (Å²) in [6, 6.07) is 10.9. The van der Waals surface area contributed by atoms with E-state index in [-0.39, 0.29) is 5.15 Å². The number of hydrogen-bond donors (Lipinski definition) is 1. The second-order valence-corrected chi connectivity index (χ2v) is 5.58. The number of benzene rings is 1. The van der Waals surface area contributed by atoms with Gasteiger partial charge < -0.3 is 5.32 Å². The van der Waals surface area contributed by atoms with Gasteiger partial charge in [0.1, 0.15) is 11.0 Å². The number of nitrogens with one attached hydrogen (secondary N) is 1. The highest BCUT2D eigenvalue weighted by Crippen LogP contribution is 2.28. The molecule has 2 aromatic rings. The molecule has 0 saturated carbocycles. The second-order valence-electron chi connectivity index (χ2n) is 3.42. The molecule has 1 heterocycles. The molecule has 18 heavy (non-hydrogen) atoms. The van der Waals surface area contributed by atoms with E-state index in [0.717, 1.165) is 14.6 Å². The third-order valence-corrected chi connectivity index (χ3v) is 3.46. The van der Waals surface area contributed by atoms with E-state index in [1.807, 2.05) is 24.3 Å². The fourth-order valence-electron chi connectivity index (χ4n) is 1.35. The molecule has 0 aliphatic rings. The van der Waals surface area contributed by atoms with Gasteiger partial charge in [-0.1, -0.05) is 27.5 Å². The lowest BCUT2D eigenvalue weighted by molar-refractivity contribution is 1.29. The molecule has 0 saturated heterocycles. The maximum atomic E-state index is 8.86. The van der Waals surface area contributed by atoms with Crippen LogP contribution in [0.1, 0.15) is 5.56 Å². The van der Waals surface area contributed by atoms with Crippen molar-refractivity contribution in [1.29, 1.82) is 5.26 Å². The van der Waals surface area contributed by atoms with E-state index in [2.05, 4.69) is 42.2 Å². The van der Waals surface area contributed by atoms with Crippen molar-refractivity contribution >= 4 is 55.0 Å². The third-order valence-electron chi connectivity index (χ3n) is 2.12. The van der Waals surface area contributed by atoms with Gasteiger partial charge in [-0.25, -0.2) is 4.98 Å². The van der Waals surface area contributed by atoms with Crippen molar-refractivity contribution in [2.45, 2.75) is 0 Å². The van der Waals surface area contributed by atoms with Gasteiger partial charge in [-0.05, 0) is 46.3 Å². The first-order valence-corrected chi connectivity index (χ1v) is 6.84. The number of nitrogens with zero attached hydrogens (tertiary/aromatic N) is 2. The Bertz CT molecular complexity index is 638. The molecule has 0 amide bonds. The van der Waals surface area contributed by atoms with Gasteiger partial charge in [0.15, 0.2) is 0 Å². The molecule has 1 aromatic carbocycles. The van der Waals surface area contributed by atoms with Gasteiger partial charge in [-0.15, -0.1) is 0 Å². The summed E-state index contributed by atoms with van der Waals surface area (Å²) in [5.74, 6) is 0.530. The van der Waals surface area contributed by atoms with Crippen LogP contribution in [-0.2, 0) is 0 Å². The molecule has 0 aliphatic carbocycles. The van der Waals surface area contributed by atoms with Crippen LogP contribution in [-0.4, -0.2) is 4.98 Å². The largest absolute Gasteiger partial charge is 0.339 e. The summed E-state index contributed by atoms with van der Waals surface area (Å²) in [6.45, 7) is 0. The Morgan fingerprint density at radius 3 is 2.67 bits per heavy atom. The summed E-state index contributed by atoms with van der Waals surface area (Å²) in [4.78, 5) is 4.11. The molecule has 3 nitrogen and oxygen atoms in total. The van der Waals surface area contributed by atoms with Crippen LogP contribution in [0.5, 0.6) is 0 Å². The number of rotatable bonds is 2. The summed E-state index contributed by atoms with van der Waals surface area (Å²) in [7, 11) is 0. The van der Waals surface area contributed by atoms with Gasteiger partial charge in [0, 0.05) is 8.95 Å². The molecule has 0 radical (unpaired) electrons. The van der Waals surface area contributed by atoms with Gasteiger partial charge in [-0.3, -0.25) is 0 Å². The Labute approximate surface area is 126 Å². The van der Waals surface area contributed by atoms with Gasteiger partial charge >= 0.3 is 0 Å². The Morgan fingerprint density at radius 2 is 2.00 bits per heavy atom. The highest BCUT2D eigenvalue weighted by molar-refractivity contribution is 9.11. The lowest BCUT2D eigenvalue weighted by Crippen LogP contribution is -1.95. The number of pyridine rings is 1. The Morgan fingerprint density at radius 1 is 1.22 bits per heavy atom. The normalized spacial score (nSPS) is 9.89. The molecule has 0 spiro atoms. The van der Waals surface area contributed by atoms with Crippen molar-refractivity contribution < 1.29 is 0 Å². The van der Waals surface area contributed by atoms with Gasteiger partial charge in [0.2, 0.25) is 0 Å². The lowest BCUT2D eigenvalue weighted by atomic mass is 10.2. The van der Waals surface area contributed by atoms with Crippen LogP contribution >= 0.6 is 43.5 Å². The third kappa shape index (κ3) is 3.22. The van der Waals surface area contributed by atoms with E-state index >= 15 is 0 Å². The van der Waals surface area contributed by atoms with E-state index in [1.54, 1.807) is 6.07 Å². The Balaban J connectivity index is 2.34. The molecule has 6 heteroatoms. The predicted molar refractivity (Wildman–Crippen MR) is 79.1 cm³/mol. The highest BCUT2D eigenvalue weighted by Gasteiger charge is 2.04. The highest BCUT2D eigenvalue weighted by atomic mass is 79.9. The first-order valence-electron chi connectivity index (χ1n) is 4.88. The molecule has 0 fully saturated rings. The van der Waals surface area contributed by atoms with Gasteiger partial charge in [0.25, 0.3) is 0 Å². The average molecular weight is 387 g/mol. The number of hydrogen-bond acceptors (Lipinski definition) is 3. The van der Waals surface area contributed by atoms with E-state index in [9.17, 15) is 0 Å². The standard InChI is InChI=1S/C12H6Br2ClN3/c13-8-1-2-10(9(14)5-8)17-12-4-7(6-16)3-11(15)18-12/h1-5H,(H,17,18). The maximum absolute atomic E-state index is 8.86. The Hall–Kier alpha value is -1.09. The zero-order valence-corrected chi connectivity index (χ0v) is 12.8. The monoisotopic (exact) mass is 385 g/mol. The van der Waals surface area contributed by atoms with Crippen molar-refractivity contribution in [2.24, 2.45) is 0 Å². The quantitative estimate of drug-likeness (QED) is 0.748. The number of nitriles is 1. The topological polar surface area (TPSA) is 48.7 Å². The predicted octanol–water partition coefficient (Wildman–Crippen LogP) is 4.88. The lowest BCUT2D eigenvalue weighted by Gasteiger charge is -2.08. The van der Waals surface area contributed by atoms with Gasteiger partial charge in [-0.2, -0.15) is 5.26 Å². The van der Waals surface area contributed by atoms with E-state index in [0.29, 0.717) is 11.4 Å².